The largest absolute Gasteiger partial charge is 0.396 e. The summed E-state index contributed by atoms with van der Waals surface area (Å²) in [5, 5.41) is 87.0. The number of ether oxygens (including phenoxy) is 5. The molecule has 13 heteroatoms. The first-order chi connectivity index (χ1) is 25.7. The number of hydrogen-bond acceptors (Lipinski definition) is 13. The van der Waals surface area contributed by atoms with Crippen molar-refractivity contribution in [2.45, 2.75) is 179 Å². The van der Waals surface area contributed by atoms with E-state index < -0.39 is 91.2 Å². The minimum atomic E-state index is -1.72. The lowest BCUT2D eigenvalue weighted by molar-refractivity contribution is -0.367. The van der Waals surface area contributed by atoms with E-state index in [9.17, 15) is 40.9 Å². The van der Waals surface area contributed by atoms with Crippen molar-refractivity contribution in [1.82, 2.24) is 0 Å². The molecule has 13 nitrogen and oxygen atoms in total. The predicted molar refractivity (Wildman–Crippen MR) is 197 cm³/mol. The molecule has 4 saturated carbocycles. The zero-order valence-electron chi connectivity index (χ0n) is 33.7. The van der Waals surface area contributed by atoms with Gasteiger partial charge in [-0.15, -0.1) is 0 Å². The van der Waals surface area contributed by atoms with Gasteiger partial charge in [-0.1, -0.05) is 53.7 Å². The van der Waals surface area contributed by atoms with Crippen molar-refractivity contribution in [2.75, 3.05) is 19.8 Å². The Balaban J connectivity index is 1.05. The Morgan fingerprint density at radius 1 is 0.727 bits per heavy atom. The summed E-state index contributed by atoms with van der Waals surface area (Å²) >= 11 is 0. The topological polar surface area (TPSA) is 208 Å². The Hall–Kier alpha value is -0.780. The van der Waals surface area contributed by atoms with Gasteiger partial charge in [-0.25, -0.2) is 0 Å². The van der Waals surface area contributed by atoms with Gasteiger partial charge in [0.25, 0.3) is 0 Å². The van der Waals surface area contributed by atoms with Crippen molar-refractivity contribution < 1.29 is 64.5 Å². The van der Waals surface area contributed by atoms with E-state index in [-0.39, 0.29) is 51.4 Å². The number of hydrogen-bond donors (Lipinski definition) is 8. The molecule has 8 rings (SSSR count). The van der Waals surface area contributed by atoms with Gasteiger partial charge in [-0.05, 0) is 86.4 Å². The molecule has 0 aromatic heterocycles. The van der Waals surface area contributed by atoms with Gasteiger partial charge in [0.05, 0.1) is 43.7 Å². The number of aliphatic hydroxyl groups is 8. The molecular weight excluding hydrogens is 712 g/mol. The van der Waals surface area contributed by atoms with Crippen molar-refractivity contribution >= 4 is 0 Å². The molecule has 8 N–H and O–H groups in total. The van der Waals surface area contributed by atoms with Crippen molar-refractivity contribution in [3.8, 4) is 0 Å². The predicted octanol–water partition coefficient (Wildman–Crippen LogP) is 1.78. The van der Waals surface area contributed by atoms with Gasteiger partial charge in [-0.3, -0.25) is 0 Å². The Morgan fingerprint density at radius 2 is 1.44 bits per heavy atom. The van der Waals surface area contributed by atoms with Crippen LogP contribution >= 0.6 is 0 Å². The molecule has 3 heterocycles. The minimum absolute atomic E-state index is 0.0414. The van der Waals surface area contributed by atoms with E-state index in [2.05, 4.69) is 53.7 Å². The summed E-state index contributed by atoms with van der Waals surface area (Å²) in [6, 6.07) is 0. The van der Waals surface area contributed by atoms with Gasteiger partial charge in [0, 0.05) is 22.2 Å². The van der Waals surface area contributed by atoms with Crippen LogP contribution in [0.3, 0.4) is 0 Å². The van der Waals surface area contributed by atoms with E-state index in [0.717, 1.165) is 38.5 Å². The smallest absolute Gasteiger partial charge is 0.187 e. The van der Waals surface area contributed by atoms with E-state index in [1.165, 1.54) is 0 Å². The summed E-state index contributed by atoms with van der Waals surface area (Å²) in [5.74, 6) is 0.449. The van der Waals surface area contributed by atoms with Crippen LogP contribution in [0.1, 0.15) is 99.8 Å². The van der Waals surface area contributed by atoms with Crippen LogP contribution in [0.25, 0.3) is 0 Å². The third-order valence-corrected chi connectivity index (χ3v) is 17.9. The van der Waals surface area contributed by atoms with Crippen molar-refractivity contribution in [3.05, 3.63) is 12.2 Å². The van der Waals surface area contributed by atoms with Crippen molar-refractivity contribution in [2.24, 2.45) is 50.2 Å². The maximum absolute atomic E-state index is 12.1. The number of rotatable bonds is 6. The molecule has 1 spiro atoms. The van der Waals surface area contributed by atoms with E-state index >= 15 is 0 Å². The molecule has 0 aromatic carbocycles. The first-order valence-corrected chi connectivity index (χ1v) is 20.9. The first-order valence-electron chi connectivity index (χ1n) is 20.9. The fraction of sp³-hybridized carbons (Fsp3) is 0.952. The lowest BCUT2D eigenvalue weighted by atomic mass is 9.32. The van der Waals surface area contributed by atoms with Crippen LogP contribution in [0.4, 0.5) is 0 Å². The summed E-state index contributed by atoms with van der Waals surface area (Å²) in [5.41, 5.74) is -1.90. The third kappa shape index (κ3) is 5.44. The van der Waals surface area contributed by atoms with Gasteiger partial charge >= 0.3 is 0 Å². The first kappa shape index (κ1) is 41.0. The van der Waals surface area contributed by atoms with E-state index in [1.807, 2.05) is 0 Å². The van der Waals surface area contributed by atoms with E-state index in [4.69, 9.17) is 23.7 Å². The third-order valence-electron chi connectivity index (χ3n) is 17.9. The van der Waals surface area contributed by atoms with Crippen molar-refractivity contribution in [3.63, 3.8) is 0 Å². The Morgan fingerprint density at radius 3 is 2.13 bits per heavy atom. The molecule has 55 heavy (non-hydrogen) atoms. The fourth-order valence-electron chi connectivity index (χ4n) is 14.3. The molecule has 314 valence electrons. The lowest BCUT2D eigenvalue weighted by Gasteiger charge is -2.73. The Kier molecular flexibility index (Phi) is 9.95. The number of aliphatic hydroxyl groups excluding tert-OH is 8. The molecule has 2 bridgehead atoms. The molecule has 0 amide bonds. The number of fused-ring (bicyclic) bond motifs is 4. The van der Waals surface area contributed by atoms with Crippen LogP contribution in [-0.4, -0.2) is 140 Å². The molecule has 3 saturated heterocycles. The molecular formula is C42H68O13. The Bertz CT molecular complexity index is 1490. The van der Waals surface area contributed by atoms with Crippen LogP contribution in [0.15, 0.2) is 12.2 Å². The van der Waals surface area contributed by atoms with Crippen LogP contribution in [0, 0.1) is 50.2 Å². The van der Waals surface area contributed by atoms with Gasteiger partial charge in [0.15, 0.2) is 12.6 Å². The van der Waals surface area contributed by atoms with Gasteiger partial charge in [-0.2, -0.15) is 0 Å². The molecule has 21 atom stereocenters. The highest BCUT2D eigenvalue weighted by Crippen LogP contribution is 2.79. The molecule has 5 aliphatic carbocycles. The van der Waals surface area contributed by atoms with E-state index in [1.54, 1.807) is 6.92 Å². The molecule has 7 fully saturated rings. The summed E-state index contributed by atoms with van der Waals surface area (Å²) in [4.78, 5) is 0. The average molecular weight is 781 g/mol. The van der Waals surface area contributed by atoms with Crippen LogP contribution in [-0.2, 0) is 23.7 Å². The molecule has 0 aromatic rings. The molecule has 0 radical (unpaired) electrons. The summed E-state index contributed by atoms with van der Waals surface area (Å²) in [6.45, 7) is 15.4. The summed E-state index contributed by atoms with van der Waals surface area (Å²) < 4.78 is 31.2. The monoisotopic (exact) mass is 780 g/mol. The zero-order valence-corrected chi connectivity index (χ0v) is 33.7. The Labute approximate surface area is 325 Å². The maximum atomic E-state index is 12.1. The minimum Gasteiger partial charge on any atom is -0.396 e. The van der Waals surface area contributed by atoms with Gasteiger partial charge < -0.3 is 64.5 Å². The van der Waals surface area contributed by atoms with Crippen molar-refractivity contribution in [1.29, 1.82) is 0 Å². The zero-order chi connectivity index (χ0) is 39.9. The quantitative estimate of drug-likeness (QED) is 0.143. The second-order valence-electron chi connectivity index (χ2n) is 21.0. The number of allylic oxidation sites excluding steroid dienone is 1. The maximum Gasteiger partial charge on any atom is 0.187 e. The van der Waals surface area contributed by atoms with E-state index in [0.29, 0.717) is 19.4 Å². The highest BCUT2D eigenvalue weighted by Gasteiger charge is 2.79. The molecule has 8 aliphatic rings. The average Bonchev–Trinajstić information content (AvgIpc) is 3.41. The second-order valence-corrected chi connectivity index (χ2v) is 21.0. The molecule has 3 aliphatic heterocycles. The summed E-state index contributed by atoms with van der Waals surface area (Å²) in [7, 11) is 0. The highest BCUT2D eigenvalue weighted by atomic mass is 16.7. The van der Waals surface area contributed by atoms with Crippen LogP contribution in [0.2, 0.25) is 0 Å². The second kappa shape index (κ2) is 13.4. The van der Waals surface area contributed by atoms with Crippen LogP contribution < -0.4 is 0 Å². The summed E-state index contributed by atoms with van der Waals surface area (Å²) in [6.07, 6.45) is -3.39. The fourth-order valence-corrected chi connectivity index (χ4v) is 14.3. The lowest BCUT2D eigenvalue weighted by Crippen LogP contribution is -2.72. The SMILES string of the molecule is C[C@H]1O[C@@H](O[C@H]2CC[C@]3(C)[C@@H](CC[C@@]4(C)[C@@H]3C=C[C@@]35OC[C@]6(CCC(C)(C)C[C@H]63)[C@@H](O)C[C@]45C)[C@@]2(C)CO)[C@H](O)[C@@H](O[C@@H]2O[C@H](CO)[C@@H](O)[C@H](O)[C@H]2O)[C@H]1O. The van der Waals surface area contributed by atoms with Crippen LogP contribution in [0.5, 0.6) is 0 Å². The van der Waals surface area contributed by atoms with Gasteiger partial charge in [0.1, 0.15) is 42.7 Å². The molecule has 0 unspecified atom stereocenters. The van der Waals surface area contributed by atoms with Gasteiger partial charge in [0.2, 0.25) is 0 Å². The normalized spacial score (nSPS) is 59.7. The standard InChI is InChI=1S/C42H68O13/c1-21-28(46)33(55-34-31(49)30(48)29(47)22(18-43)53-34)32(50)35(52-21)54-27-10-11-37(4)23(38(27,5)19-44)8-12-39(6)24(37)9-13-42-25-16-36(2,3)14-15-41(25,20-51-42)26(45)17-40(39,42)7/h9,13,21-35,43-50H,8,10-12,14-20H2,1-7H3/t21-,22-,23-,24-,25-,26+,27+,28+,29-,30+,31-,32-,33+,34+,35+,37-,38-,39+,40-,41+,42-/m1/s1. The highest BCUT2D eigenvalue weighted by molar-refractivity contribution is 5.36.